The van der Waals surface area contributed by atoms with Crippen LogP contribution in [0.3, 0.4) is 0 Å². The highest BCUT2D eigenvalue weighted by molar-refractivity contribution is 6.00. The fourth-order valence-corrected chi connectivity index (χ4v) is 2.04. The second-order valence-corrected chi connectivity index (χ2v) is 4.11. The molecule has 0 bridgehead atoms. The lowest BCUT2D eigenvalue weighted by atomic mass is 10.1. The predicted molar refractivity (Wildman–Crippen MR) is 63.7 cm³/mol. The van der Waals surface area contributed by atoms with Crippen LogP contribution in [0.5, 0.6) is 0 Å². The van der Waals surface area contributed by atoms with E-state index >= 15 is 0 Å². The monoisotopic (exact) mass is 222 g/mol. The van der Waals surface area contributed by atoms with Gasteiger partial charge < -0.3 is 16.0 Å². The van der Waals surface area contributed by atoms with Crippen LogP contribution < -0.4 is 11.1 Å². The first-order chi connectivity index (χ1) is 7.72. The van der Waals surface area contributed by atoms with Gasteiger partial charge in [0.15, 0.2) is 0 Å². The molecule has 0 spiro atoms. The minimum atomic E-state index is 0.180. The van der Waals surface area contributed by atoms with Crippen LogP contribution in [-0.2, 0) is 0 Å². The van der Waals surface area contributed by atoms with E-state index in [-0.39, 0.29) is 6.04 Å². The summed E-state index contributed by atoms with van der Waals surface area (Å²) in [5.74, 6) is 1.28. The van der Waals surface area contributed by atoms with Crippen molar-refractivity contribution in [1.29, 1.82) is 5.41 Å². The number of hydrogen-bond donors (Lipinski definition) is 4. The second-order valence-electron chi connectivity index (χ2n) is 4.11. The number of likely N-dealkylation sites (tertiary alicyclic amines) is 1. The molecule has 1 aromatic heterocycles. The Balaban J connectivity index is 2.12. The van der Waals surface area contributed by atoms with Crippen molar-refractivity contribution in [2.24, 2.45) is 5.73 Å². The Morgan fingerprint density at radius 3 is 3.25 bits per heavy atom. The van der Waals surface area contributed by atoms with Gasteiger partial charge in [0, 0.05) is 26.2 Å². The van der Waals surface area contributed by atoms with Gasteiger partial charge in [-0.25, -0.2) is 0 Å². The summed E-state index contributed by atoms with van der Waals surface area (Å²) in [7, 11) is 1.81. The highest BCUT2D eigenvalue weighted by atomic mass is 15.2. The van der Waals surface area contributed by atoms with Crippen LogP contribution in [0.15, 0.2) is 6.20 Å². The minimum Gasteiger partial charge on any atom is -0.373 e. The average Bonchev–Trinajstić information content (AvgIpc) is 2.76. The van der Waals surface area contributed by atoms with E-state index in [2.05, 4.69) is 15.5 Å². The summed E-state index contributed by atoms with van der Waals surface area (Å²) < 4.78 is 0. The normalized spacial score (nSPS) is 20.9. The topological polar surface area (TPSA) is 93.8 Å². The van der Waals surface area contributed by atoms with Gasteiger partial charge in [-0.15, -0.1) is 0 Å². The van der Waals surface area contributed by atoms with Gasteiger partial charge in [0.1, 0.15) is 11.7 Å². The van der Waals surface area contributed by atoms with E-state index in [1.54, 1.807) is 6.20 Å². The Morgan fingerprint density at radius 2 is 2.56 bits per heavy atom. The van der Waals surface area contributed by atoms with Gasteiger partial charge in [-0.1, -0.05) is 0 Å². The largest absolute Gasteiger partial charge is 0.373 e. The van der Waals surface area contributed by atoms with Crippen LogP contribution >= 0.6 is 0 Å². The third kappa shape index (κ3) is 2.01. The van der Waals surface area contributed by atoms with Gasteiger partial charge in [0.25, 0.3) is 0 Å². The van der Waals surface area contributed by atoms with Crippen molar-refractivity contribution in [3.05, 3.63) is 11.8 Å². The van der Waals surface area contributed by atoms with Crippen LogP contribution in [0, 0.1) is 5.41 Å². The Kier molecular flexibility index (Phi) is 3.09. The van der Waals surface area contributed by atoms with Gasteiger partial charge in [-0.3, -0.25) is 10.5 Å². The molecule has 6 nitrogen and oxygen atoms in total. The van der Waals surface area contributed by atoms with Crippen LogP contribution in [0.2, 0.25) is 0 Å². The first-order valence-corrected chi connectivity index (χ1v) is 5.53. The molecule has 1 aromatic rings. The maximum atomic E-state index is 8.15. The number of amidine groups is 1. The number of H-pyrrole nitrogens is 1. The molecule has 0 unspecified atom stereocenters. The smallest absolute Gasteiger partial charge is 0.133 e. The fourth-order valence-electron chi connectivity index (χ4n) is 2.04. The fraction of sp³-hybridized carbons (Fsp3) is 0.600. The van der Waals surface area contributed by atoms with Gasteiger partial charge in [0.2, 0.25) is 0 Å². The molecule has 0 aliphatic carbocycles. The molecule has 1 aliphatic rings. The molecule has 2 heterocycles. The van der Waals surface area contributed by atoms with Gasteiger partial charge in [-0.2, -0.15) is 5.10 Å². The van der Waals surface area contributed by atoms with Gasteiger partial charge in [-0.05, 0) is 12.8 Å². The second kappa shape index (κ2) is 4.52. The molecular weight excluding hydrogens is 204 g/mol. The summed E-state index contributed by atoms with van der Waals surface area (Å²) in [6.07, 6.45) is 3.78. The molecule has 5 N–H and O–H groups in total. The number of nitrogens with one attached hydrogen (secondary N) is 3. The maximum absolute atomic E-state index is 8.15. The summed E-state index contributed by atoms with van der Waals surface area (Å²) in [5.41, 5.74) is 6.71. The highest BCUT2D eigenvalue weighted by Gasteiger charge is 2.21. The molecule has 0 radical (unpaired) electrons. The Hall–Kier alpha value is -1.56. The molecule has 88 valence electrons. The lowest BCUT2D eigenvalue weighted by Crippen LogP contribution is -2.45. The van der Waals surface area contributed by atoms with E-state index in [1.807, 2.05) is 11.9 Å². The number of piperidine rings is 1. The van der Waals surface area contributed by atoms with Crippen LogP contribution in [-0.4, -0.2) is 47.1 Å². The molecule has 6 heteroatoms. The first kappa shape index (κ1) is 10.9. The summed E-state index contributed by atoms with van der Waals surface area (Å²) in [6, 6.07) is 0.180. The lowest BCUT2D eigenvalue weighted by Gasteiger charge is -2.32. The summed E-state index contributed by atoms with van der Waals surface area (Å²) in [4.78, 5) is 2.01. The molecule has 0 amide bonds. The van der Waals surface area contributed by atoms with Crippen molar-refractivity contribution in [3.8, 4) is 0 Å². The molecule has 1 aliphatic heterocycles. The lowest BCUT2D eigenvalue weighted by molar-refractivity contribution is 0.308. The maximum Gasteiger partial charge on any atom is 0.133 e. The molecule has 1 fully saturated rings. The first-order valence-electron chi connectivity index (χ1n) is 5.53. The highest BCUT2D eigenvalue weighted by Crippen LogP contribution is 2.16. The van der Waals surface area contributed by atoms with E-state index in [0.29, 0.717) is 5.84 Å². The quantitative estimate of drug-likeness (QED) is 0.425. The van der Waals surface area contributed by atoms with Crippen LogP contribution in [0.4, 0.5) is 5.82 Å². The molecule has 2 rings (SSSR count). The van der Waals surface area contributed by atoms with Crippen molar-refractivity contribution in [1.82, 2.24) is 15.1 Å². The van der Waals surface area contributed by atoms with E-state index < -0.39 is 0 Å². The minimum absolute atomic E-state index is 0.180. The van der Waals surface area contributed by atoms with Crippen LogP contribution in [0.25, 0.3) is 0 Å². The van der Waals surface area contributed by atoms with E-state index in [1.165, 1.54) is 0 Å². The zero-order chi connectivity index (χ0) is 11.5. The third-order valence-electron chi connectivity index (χ3n) is 2.92. The van der Waals surface area contributed by atoms with E-state index in [4.69, 9.17) is 11.1 Å². The van der Waals surface area contributed by atoms with Crippen molar-refractivity contribution in [2.75, 3.05) is 25.5 Å². The Labute approximate surface area is 94.7 Å². The van der Waals surface area contributed by atoms with Crippen molar-refractivity contribution < 1.29 is 0 Å². The third-order valence-corrected chi connectivity index (χ3v) is 2.92. The number of nitrogens with two attached hydrogens (primary N) is 1. The standard InChI is InChI=1S/C10H18N6/c1-13-10-8(5-14-15-10)9(12)16-4-2-3-7(11)6-16/h5,7,12H,2-4,6,11H2,1H3,(H2,13,14,15)/t7-/m1/s1. The molecule has 0 aromatic carbocycles. The van der Waals surface area contributed by atoms with Crippen LogP contribution in [0.1, 0.15) is 18.4 Å². The molecule has 1 atom stereocenters. The van der Waals surface area contributed by atoms with E-state index in [0.717, 1.165) is 37.3 Å². The molecule has 1 saturated heterocycles. The van der Waals surface area contributed by atoms with Gasteiger partial charge in [0.05, 0.1) is 11.8 Å². The van der Waals surface area contributed by atoms with Crippen molar-refractivity contribution >= 4 is 11.7 Å². The Bertz CT molecular complexity index is 371. The van der Waals surface area contributed by atoms with E-state index in [9.17, 15) is 0 Å². The number of aromatic nitrogens is 2. The number of aromatic amines is 1. The molecule has 0 saturated carbocycles. The zero-order valence-electron chi connectivity index (χ0n) is 9.45. The van der Waals surface area contributed by atoms with Crippen molar-refractivity contribution in [2.45, 2.75) is 18.9 Å². The number of hydrogen-bond acceptors (Lipinski definition) is 4. The molecule has 16 heavy (non-hydrogen) atoms. The van der Waals surface area contributed by atoms with Gasteiger partial charge >= 0.3 is 0 Å². The summed E-state index contributed by atoms with van der Waals surface area (Å²) in [6.45, 7) is 1.66. The SMILES string of the molecule is CNc1[nH]ncc1C(=N)N1CCC[C@@H](N)C1. The number of rotatable bonds is 2. The summed E-state index contributed by atoms with van der Waals surface area (Å²) in [5, 5.41) is 17.9. The predicted octanol–water partition coefficient (Wildman–Crippen LogP) is 0.200. The average molecular weight is 222 g/mol. The zero-order valence-corrected chi connectivity index (χ0v) is 9.45. The molecular formula is C10H18N6. The number of nitrogens with zero attached hydrogens (tertiary/aromatic N) is 2. The number of anilines is 1. The van der Waals surface area contributed by atoms with Crippen molar-refractivity contribution in [3.63, 3.8) is 0 Å². The summed E-state index contributed by atoms with van der Waals surface area (Å²) >= 11 is 0. The Morgan fingerprint density at radius 1 is 1.75 bits per heavy atom.